The van der Waals surface area contributed by atoms with E-state index >= 15 is 0 Å². The topological polar surface area (TPSA) is 68.2 Å². The smallest absolute Gasteiger partial charge is 0.315 e. The molecular formula is C15H20N4O2. The summed E-state index contributed by atoms with van der Waals surface area (Å²) < 4.78 is 6.70. The minimum absolute atomic E-state index is 0.182. The Bertz CT molecular complexity index is 554. The second kappa shape index (κ2) is 8.06. The lowest BCUT2D eigenvalue weighted by molar-refractivity contribution is 0.193. The Kier molecular flexibility index (Phi) is 5.78. The summed E-state index contributed by atoms with van der Waals surface area (Å²) in [7, 11) is 1.64. The first-order valence-corrected chi connectivity index (χ1v) is 6.89. The molecule has 6 nitrogen and oxygen atoms in total. The number of aromatic nitrogens is 2. The van der Waals surface area contributed by atoms with Crippen LogP contribution in [0.3, 0.4) is 0 Å². The van der Waals surface area contributed by atoms with Crippen LogP contribution < -0.4 is 10.6 Å². The third kappa shape index (κ3) is 4.92. The van der Waals surface area contributed by atoms with Crippen molar-refractivity contribution in [2.45, 2.75) is 13.0 Å². The van der Waals surface area contributed by atoms with Gasteiger partial charge in [0.25, 0.3) is 0 Å². The fourth-order valence-corrected chi connectivity index (χ4v) is 1.84. The number of amides is 2. The quantitative estimate of drug-likeness (QED) is 0.762. The summed E-state index contributed by atoms with van der Waals surface area (Å²) in [5.41, 5.74) is 1.94. The van der Waals surface area contributed by atoms with Crippen LogP contribution in [0.5, 0.6) is 0 Å². The van der Waals surface area contributed by atoms with E-state index in [1.165, 1.54) is 0 Å². The first-order valence-electron chi connectivity index (χ1n) is 6.89. The monoisotopic (exact) mass is 288 g/mol. The molecule has 1 aromatic heterocycles. The number of urea groups is 1. The summed E-state index contributed by atoms with van der Waals surface area (Å²) in [5, 5.41) is 9.84. The van der Waals surface area contributed by atoms with E-state index in [9.17, 15) is 4.79 Å². The molecule has 0 saturated heterocycles. The van der Waals surface area contributed by atoms with Gasteiger partial charge in [-0.2, -0.15) is 5.10 Å². The van der Waals surface area contributed by atoms with E-state index < -0.39 is 0 Å². The molecule has 1 aromatic carbocycles. The van der Waals surface area contributed by atoms with Gasteiger partial charge in [-0.1, -0.05) is 18.2 Å². The highest BCUT2D eigenvalue weighted by Gasteiger charge is 2.03. The molecule has 1 heterocycles. The molecule has 0 aliphatic heterocycles. The molecule has 0 saturated carbocycles. The van der Waals surface area contributed by atoms with Crippen molar-refractivity contribution in [1.29, 1.82) is 0 Å². The SMILES string of the molecule is COCCCNC(=O)NCc1cnn(-c2ccccc2)c1. The van der Waals surface area contributed by atoms with Gasteiger partial charge in [0.2, 0.25) is 0 Å². The van der Waals surface area contributed by atoms with Gasteiger partial charge in [0.1, 0.15) is 0 Å². The van der Waals surface area contributed by atoms with Gasteiger partial charge in [0, 0.05) is 38.6 Å². The average Bonchev–Trinajstić information content (AvgIpc) is 2.99. The van der Waals surface area contributed by atoms with Gasteiger partial charge in [-0.3, -0.25) is 0 Å². The van der Waals surface area contributed by atoms with Gasteiger partial charge in [-0.05, 0) is 18.6 Å². The number of para-hydroxylation sites is 1. The molecule has 0 unspecified atom stereocenters. The fraction of sp³-hybridized carbons (Fsp3) is 0.333. The molecule has 112 valence electrons. The number of benzene rings is 1. The number of methoxy groups -OCH3 is 1. The molecule has 0 aliphatic rings. The molecule has 0 fully saturated rings. The first-order chi connectivity index (χ1) is 10.3. The van der Waals surface area contributed by atoms with Gasteiger partial charge in [-0.25, -0.2) is 9.48 Å². The normalized spacial score (nSPS) is 10.3. The van der Waals surface area contributed by atoms with Crippen molar-refractivity contribution in [3.63, 3.8) is 0 Å². The maximum atomic E-state index is 11.6. The van der Waals surface area contributed by atoms with Crippen molar-refractivity contribution < 1.29 is 9.53 Å². The van der Waals surface area contributed by atoms with E-state index in [1.807, 2.05) is 36.5 Å². The molecule has 0 spiro atoms. The Hall–Kier alpha value is -2.34. The summed E-state index contributed by atoms with van der Waals surface area (Å²) in [6, 6.07) is 9.66. The van der Waals surface area contributed by atoms with Gasteiger partial charge in [-0.15, -0.1) is 0 Å². The maximum Gasteiger partial charge on any atom is 0.315 e. The molecule has 2 aromatic rings. The summed E-state index contributed by atoms with van der Waals surface area (Å²) in [6.45, 7) is 1.69. The zero-order valence-corrected chi connectivity index (χ0v) is 12.1. The molecule has 6 heteroatoms. The van der Waals surface area contributed by atoms with Crippen LogP contribution in [0.4, 0.5) is 4.79 Å². The van der Waals surface area contributed by atoms with Gasteiger partial charge in [0.15, 0.2) is 0 Å². The third-order valence-electron chi connectivity index (χ3n) is 2.92. The lowest BCUT2D eigenvalue weighted by Crippen LogP contribution is -2.35. The van der Waals surface area contributed by atoms with Crippen molar-refractivity contribution in [2.75, 3.05) is 20.3 Å². The van der Waals surface area contributed by atoms with Crippen LogP contribution in [0, 0.1) is 0 Å². The number of hydrogen-bond acceptors (Lipinski definition) is 3. The molecule has 21 heavy (non-hydrogen) atoms. The average molecular weight is 288 g/mol. The molecular weight excluding hydrogens is 268 g/mol. The van der Waals surface area contributed by atoms with Crippen molar-refractivity contribution >= 4 is 6.03 Å². The number of nitrogens with zero attached hydrogens (tertiary/aromatic N) is 2. The van der Waals surface area contributed by atoms with Crippen LogP contribution in [0.25, 0.3) is 5.69 Å². The van der Waals surface area contributed by atoms with Crippen LogP contribution in [0.15, 0.2) is 42.7 Å². The lowest BCUT2D eigenvalue weighted by atomic mass is 10.3. The fourth-order valence-electron chi connectivity index (χ4n) is 1.84. The molecule has 2 rings (SSSR count). The van der Waals surface area contributed by atoms with Crippen LogP contribution >= 0.6 is 0 Å². The zero-order chi connectivity index (χ0) is 14.9. The second-order valence-corrected chi connectivity index (χ2v) is 4.58. The van der Waals surface area contributed by atoms with E-state index in [0.29, 0.717) is 19.7 Å². The highest BCUT2D eigenvalue weighted by atomic mass is 16.5. The molecule has 0 atom stereocenters. The Morgan fingerprint density at radius 3 is 2.86 bits per heavy atom. The highest BCUT2D eigenvalue weighted by molar-refractivity contribution is 5.73. The Morgan fingerprint density at radius 2 is 2.10 bits per heavy atom. The standard InChI is InChI=1S/C15H20N4O2/c1-21-9-5-8-16-15(20)17-10-13-11-18-19(12-13)14-6-3-2-4-7-14/h2-4,6-7,11-12H,5,8-10H2,1H3,(H2,16,17,20). The summed E-state index contributed by atoms with van der Waals surface area (Å²) >= 11 is 0. The van der Waals surface area contributed by atoms with E-state index in [1.54, 1.807) is 18.0 Å². The number of ether oxygens (including phenoxy) is 1. The first kappa shape index (κ1) is 15.1. The number of rotatable bonds is 7. The minimum Gasteiger partial charge on any atom is -0.385 e. The van der Waals surface area contributed by atoms with Gasteiger partial charge < -0.3 is 15.4 Å². The van der Waals surface area contributed by atoms with E-state index in [4.69, 9.17) is 4.74 Å². The van der Waals surface area contributed by atoms with E-state index in [-0.39, 0.29) is 6.03 Å². The lowest BCUT2D eigenvalue weighted by Gasteiger charge is -2.06. The van der Waals surface area contributed by atoms with Gasteiger partial charge in [0.05, 0.1) is 11.9 Å². The Balaban J connectivity index is 1.77. The molecule has 0 bridgehead atoms. The van der Waals surface area contributed by atoms with Crippen LogP contribution in [0.1, 0.15) is 12.0 Å². The van der Waals surface area contributed by atoms with Crippen molar-refractivity contribution in [3.8, 4) is 5.69 Å². The maximum absolute atomic E-state index is 11.6. The summed E-state index contributed by atoms with van der Waals surface area (Å²) in [6.07, 6.45) is 4.45. The minimum atomic E-state index is -0.182. The largest absolute Gasteiger partial charge is 0.385 e. The van der Waals surface area contributed by atoms with Crippen LogP contribution in [0.2, 0.25) is 0 Å². The molecule has 0 aliphatic carbocycles. The van der Waals surface area contributed by atoms with E-state index in [0.717, 1.165) is 17.7 Å². The summed E-state index contributed by atoms with van der Waals surface area (Å²) in [5.74, 6) is 0. The number of nitrogens with one attached hydrogen (secondary N) is 2. The summed E-state index contributed by atoms with van der Waals surface area (Å²) in [4.78, 5) is 11.6. The Morgan fingerprint density at radius 1 is 1.29 bits per heavy atom. The molecule has 0 radical (unpaired) electrons. The third-order valence-corrected chi connectivity index (χ3v) is 2.92. The van der Waals surface area contributed by atoms with Crippen LogP contribution in [-0.2, 0) is 11.3 Å². The number of hydrogen-bond donors (Lipinski definition) is 2. The van der Waals surface area contributed by atoms with Crippen LogP contribution in [-0.4, -0.2) is 36.1 Å². The number of carbonyl (C=O) groups is 1. The van der Waals surface area contributed by atoms with Crippen molar-refractivity contribution in [2.24, 2.45) is 0 Å². The van der Waals surface area contributed by atoms with Gasteiger partial charge >= 0.3 is 6.03 Å². The van der Waals surface area contributed by atoms with E-state index in [2.05, 4.69) is 15.7 Å². The zero-order valence-electron chi connectivity index (χ0n) is 12.1. The predicted molar refractivity (Wildman–Crippen MR) is 80.3 cm³/mol. The molecule has 2 N–H and O–H groups in total. The molecule has 2 amide bonds. The Labute approximate surface area is 124 Å². The second-order valence-electron chi connectivity index (χ2n) is 4.58. The number of carbonyl (C=O) groups excluding carboxylic acids is 1. The van der Waals surface area contributed by atoms with Crippen molar-refractivity contribution in [1.82, 2.24) is 20.4 Å². The van der Waals surface area contributed by atoms with Crippen molar-refractivity contribution in [3.05, 3.63) is 48.3 Å². The highest BCUT2D eigenvalue weighted by Crippen LogP contribution is 2.07. The predicted octanol–water partition coefficient (Wildman–Crippen LogP) is 1.71.